The third kappa shape index (κ3) is 4.19. The van der Waals surface area contributed by atoms with E-state index in [9.17, 15) is 18.0 Å². The van der Waals surface area contributed by atoms with E-state index in [1.807, 2.05) is 0 Å². The van der Waals surface area contributed by atoms with Gasteiger partial charge >= 0.3 is 12.1 Å². The van der Waals surface area contributed by atoms with Crippen LogP contribution < -0.4 is 4.74 Å². The number of carbonyl (C=O) groups is 1. The Morgan fingerprint density at radius 3 is 2.50 bits per heavy atom. The van der Waals surface area contributed by atoms with Crippen LogP contribution >= 0.6 is 0 Å². The van der Waals surface area contributed by atoms with Crippen molar-refractivity contribution in [2.24, 2.45) is 0 Å². The lowest BCUT2D eigenvalue weighted by Crippen LogP contribution is -2.20. The third-order valence-electron chi connectivity index (χ3n) is 1.84. The summed E-state index contributed by atoms with van der Waals surface area (Å²) in [6.07, 6.45) is -4.51. The molecule has 1 aromatic heterocycles. The zero-order chi connectivity index (χ0) is 13.9. The van der Waals surface area contributed by atoms with Gasteiger partial charge in [-0.3, -0.25) is 0 Å². The van der Waals surface area contributed by atoms with E-state index in [4.69, 9.17) is 5.11 Å². The van der Waals surface area contributed by atoms with E-state index in [-0.39, 0.29) is 11.7 Å². The molecule has 0 aliphatic carbocycles. The summed E-state index contributed by atoms with van der Waals surface area (Å²) >= 11 is 0. The smallest absolute Gasteiger partial charge is 0.422 e. The summed E-state index contributed by atoms with van der Waals surface area (Å²) in [7, 11) is 0. The molecule has 100 valence electrons. The number of ether oxygens (including phenoxy) is 1. The van der Waals surface area contributed by atoms with Gasteiger partial charge in [-0.05, 0) is 0 Å². The van der Waals surface area contributed by atoms with Crippen molar-refractivity contribution < 1.29 is 27.8 Å². The third-order valence-corrected chi connectivity index (χ3v) is 1.84. The maximum Gasteiger partial charge on any atom is 0.422 e. The summed E-state index contributed by atoms with van der Waals surface area (Å²) in [6, 6.07) is 0.861. The summed E-state index contributed by atoms with van der Waals surface area (Å²) in [5.41, 5.74) is -0.397. The van der Waals surface area contributed by atoms with Crippen molar-refractivity contribution in [2.75, 3.05) is 6.61 Å². The van der Waals surface area contributed by atoms with Gasteiger partial charge in [-0.2, -0.15) is 18.2 Å². The van der Waals surface area contributed by atoms with Crippen LogP contribution in [0.1, 0.15) is 36.1 Å². The molecule has 18 heavy (non-hydrogen) atoms. The number of hydrogen-bond donors (Lipinski definition) is 1. The lowest BCUT2D eigenvalue weighted by Gasteiger charge is -2.11. The minimum atomic E-state index is -4.51. The van der Waals surface area contributed by atoms with Crippen LogP contribution in [-0.4, -0.2) is 33.8 Å². The van der Waals surface area contributed by atoms with Crippen LogP contribution in [0.4, 0.5) is 13.2 Å². The Hall–Kier alpha value is -1.86. The highest BCUT2D eigenvalue weighted by Gasteiger charge is 2.29. The highest BCUT2D eigenvalue weighted by Crippen LogP contribution is 2.19. The first kappa shape index (κ1) is 14.2. The van der Waals surface area contributed by atoms with E-state index < -0.39 is 30.3 Å². The number of halogens is 3. The quantitative estimate of drug-likeness (QED) is 0.902. The second-order valence-corrected chi connectivity index (χ2v) is 3.81. The second-order valence-electron chi connectivity index (χ2n) is 3.81. The van der Waals surface area contributed by atoms with E-state index in [1.54, 1.807) is 13.8 Å². The minimum Gasteiger partial charge on any atom is -0.477 e. The fourth-order valence-electron chi connectivity index (χ4n) is 1.04. The normalized spacial score (nSPS) is 11.7. The Labute approximate surface area is 101 Å². The van der Waals surface area contributed by atoms with Crippen molar-refractivity contribution in [3.8, 4) is 5.88 Å². The van der Waals surface area contributed by atoms with Gasteiger partial charge in [0, 0.05) is 12.0 Å². The number of nitrogens with zero attached hydrogens (tertiary/aromatic N) is 2. The largest absolute Gasteiger partial charge is 0.477 e. The molecule has 8 heteroatoms. The first-order valence-corrected chi connectivity index (χ1v) is 5.01. The van der Waals surface area contributed by atoms with Crippen molar-refractivity contribution in [2.45, 2.75) is 25.9 Å². The van der Waals surface area contributed by atoms with Crippen LogP contribution in [0.25, 0.3) is 0 Å². The first-order chi connectivity index (χ1) is 8.19. The standard InChI is InChI=1S/C10H11F3N2O3/c1-5(2)8-14-6(9(16)17)3-7(15-8)18-4-10(11,12)13/h3,5H,4H2,1-2H3,(H,16,17). The van der Waals surface area contributed by atoms with Gasteiger partial charge in [0.05, 0.1) is 0 Å². The molecule has 1 heterocycles. The lowest BCUT2D eigenvalue weighted by molar-refractivity contribution is -0.154. The molecule has 0 bridgehead atoms. The number of carboxylic acid groups (broad SMARTS) is 1. The predicted molar refractivity (Wildman–Crippen MR) is 54.6 cm³/mol. The SMILES string of the molecule is CC(C)c1nc(OCC(F)(F)F)cc(C(=O)O)n1. The molecule has 5 nitrogen and oxygen atoms in total. The van der Waals surface area contributed by atoms with Gasteiger partial charge in [0.25, 0.3) is 0 Å². The maximum absolute atomic E-state index is 12.0. The Kier molecular flexibility index (Phi) is 4.10. The fraction of sp³-hybridized carbons (Fsp3) is 0.500. The van der Waals surface area contributed by atoms with E-state index in [2.05, 4.69) is 14.7 Å². The molecule has 1 N–H and O–H groups in total. The Morgan fingerprint density at radius 2 is 2.06 bits per heavy atom. The molecule has 0 saturated heterocycles. The second kappa shape index (κ2) is 5.19. The molecule has 0 saturated carbocycles. The summed E-state index contributed by atoms with van der Waals surface area (Å²) in [5, 5.41) is 8.78. The molecular formula is C10H11F3N2O3. The van der Waals surface area contributed by atoms with Gasteiger partial charge in [0.2, 0.25) is 5.88 Å². The summed E-state index contributed by atoms with van der Waals surface area (Å²) in [5.74, 6) is -1.86. The molecule has 0 atom stereocenters. The van der Waals surface area contributed by atoms with Crippen LogP contribution in [0, 0.1) is 0 Å². The molecule has 0 aliphatic rings. The molecule has 1 rings (SSSR count). The highest BCUT2D eigenvalue weighted by atomic mass is 19.4. The number of aromatic nitrogens is 2. The molecular weight excluding hydrogens is 253 g/mol. The van der Waals surface area contributed by atoms with Gasteiger partial charge in [0.1, 0.15) is 5.82 Å². The topological polar surface area (TPSA) is 72.3 Å². The van der Waals surface area contributed by atoms with Crippen LogP contribution in [-0.2, 0) is 0 Å². The minimum absolute atomic E-state index is 0.118. The summed E-state index contributed by atoms with van der Waals surface area (Å²) in [6.45, 7) is 1.85. The van der Waals surface area contributed by atoms with Gasteiger partial charge in [-0.25, -0.2) is 9.78 Å². The van der Waals surface area contributed by atoms with Crippen molar-refractivity contribution in [3.05, 3.63) is 17.6 Å². The molecule has 0 aliphatic heterocycles. The predicted octanol–water partition coefficient (Wildman–Crippen LogP) is 2.24. The fourth-order valence-corrected chi connectivity index (χ4v) is 1.04. The lowest BCUT2D eigenvalue weighted by atomic mass is 10.2. The zero-order valence-electron chi connectivity index (χ0n) is 9.65. The van der Waals surface area contributed by atoms with Crippen molar-refractivity contribution in [1.82, 2.24) is 9.97 Å². The van der Waals surface area contributed by atoms with Crippen LogP contribution in [0.5, 0.6) is 5.88 Å². The number of alkyl halides is 3. The summed E-state index contributed by atoms with van der Waals surface area (Å²) < 4.78 is 40.3. The van der Waals surface area contributed by atoms with Gasteiger partial charge in [-0.1, -0.05) is 13.8 Å². The van der Waals surface area contributed by atoms with E-state index in [0.29, 0.717) is 0 Å². The van der Waals surface area contributed by atoms with Crippen LogP contribution in [0.3, 0.4) is 0 Å². The van der Waals surface area contributed by atoms with Crippen molar-refractivity contribution in [3.63, 3.8) is 0 Å². The molecule has 0 aromatic carbocycles. The summed E-state index contributed by atoms with van der Waals surface area (Å²) in [4.78, 5) is 18.2. The molecule has 0 fully saturated rings. The number of aromatic carboxylic acids is 1. The van der Waals surface area contributed by atoms with Crippen LogP contribution in [0.15, 0.2) is 6.07 Å². The first-order valence-electron chi connectivity index (χ1n) is 5.01. The van der Waals surface area contributed by atoms with Crippen molar-refractivity contribution in [1.29, 1.82) is 0 Å². The van der Waals surface area contributed by atoms with Gasteiger partial charge in [-0.15, -0.1) is 0 Å². The molecule has 0 radical (unpaired) electrons. The zero-order valence-corrected chi connectivity index (χ0v) is 9.65. The van der Waals surface area contributed by atoms with Crippen molar-refractivity contribution >= 4 is 5.97 Å². The van der Waals surface area contributed by atoms with Crippen LogP contribution in [0.2, 0.25) is 0 Å². The Morgan fingerprint density at radius 1 is 1.44 bits per heavy atom. The number of rotatable bonds is 4. The molecule has 0 unspecified atom stereocenters. The molecule has 0 amide bonds. The van der Waals surface area contributed by atoms with E-state index in [1.165, 1.54) is 0 Å². The van der Waals surface area contributed by atoms with Gasteiger partial charge in [0.15, 0.2) is 12.3 Å². The monoisotopic (exact) mass is 264 g/mol. The van der Waals surface area contributed by atoms with E-state index in [0.717, 1.165) is 6.07 Å². The molecule has 1 aromatic rings. The Balaban J connectivity index is 3.00. The maximum atomic E-state index is 12.0. The molecule has 0 spiro atoms. The van der Waals surface area contributed by atoms with Gasteiger partial charge < -0.3 is 9.84 Å². The average Bonchev–Trinajstić information content (AvgIpc) is 2.25. The van der Waals surface area contributed by atoms with E-state index >= 15 is 0 Å². The number of hydrogen-bond acceptors (Lipinski definition) is 4. The highest BCUT2D eigenvalue weighted by molar-refractivity contribution is 5.85. The Bertz CT molecular complexity index is 446. The number of carboxylic acids is 1. The average molecular weight is 264 g/mol.